The van der Waals surface area contributed by atoms with Crippen molar-refractivity contribution in [2.45, 2.75) is 6.92 Å². The van der Waals surface area contributed by atoms with Crippen LogP contribution in [0.5, 0.6) is 0 Å². The van der Waals surface area contributed by atoms with Gasteiger partial charge in [-0.3, -0.25) is 10.2 Å². The van der Waals surface area contributed by atoms with Gasteiger partial charge in [0.25, 0.3) is 0 Å². The van der Waals surface area contributed by atoms with Crippen LogP contribution in [0.2, 0.25) is 0 Å². The number of hydrogen-bond donors (Lipinski definition) is 1. The minimum atomic E-state index is -0.633. The molecule has 1 heterocycles. The summed E-state index contributed by atoms with van der Waals surface area (Å²) in [5.74, 6) is -1.21. The van der Waals surface area contributed by atoms with Gasteiger partial charge in [0.1, 0.15) is 5.57 Å². The molecule has 0 bridgehead atoms. The predicted molar refractivity (Wildman–Crippen MR) is 35.0 cm³/mol. The molecule has 5 heteroatoms. The van der Waals surface area contributed by atoms with Crippen molar-refractivity contribution in [1.82, 2.24) is 10.9 Å². The normalized spacial score (nSPS) is 15.0. The molecule has 1 rings (SSSR count). The molecular weight excluding hydrogens is 148 g/mol. The van der Waals surface area contributed by atoms with Crippen molar-refractivity contribution in [3.05, 3.63) is 11.8 Å². The molecule has 0 aromatic rings. The summed E-state index contributed by atoms with van der Waals surface area (Å²) in [6.07, 6.45) is 1.22. The molecule has 1 N–H and O–H groups in total. The van der Waals surface area contributed by atoms with Crippen molar-refractivity contribution in [1.29, 1.82) is 0 Å². The highest BCUT2D eigenvalue weighted by Crippen LogP contribution is 2.01. The zero-order valence-corrected chi connectivity index (χ0v) is 5.96. The van der Waals surface area contributed by atoms with Gasteiger partial charge in [0, 0.05) is 6.20 Å². The van der Waals surface area contributed by atoms with E-state index in [0.717, 1.165) is 0 Å². The largest absolute Gasteiger partial charge is 0.462 e. The van der Waals surface area contributed by atoms with E-state index < -0.39 is 11.9 Å². The third-order valence-corrected chi connectivity index (χ3v) is 1.10. The van der Waals surface area contributed by atoms with E-state index in [1.54, 1.807) is 6.92 Å². The number of nitrogens with zero attached hydrogens (tertiary/aromatic N) is 1. The van der Waals surface area contributed by atoms with E-state index in [2.05, 4.69) is 15.6 Å². The molecule has 0 aromatic heterocycles. The lowest BCUT2D eigenvalue weighted by Gasteiger charge is -1.97. The molecule has 5 nitrogen and oxygen atoms in total. The molecule has 0 spiro atoms. The lowest BCUT2D eigenvalue weighted by molar-refractivity contribution is -0.140. The predicted octanol–water partition coefficient (Wildman–Crippen LogP) is -0.917. The summed E-state index contributed by atoms with van der Waals surface area (Å²) in [7, 11) is 0. The van der Waals surface area contributed by atoms with Crippen LogP contribution in [0, 0.1) is 0 Å². The molecule has 0 atom stereocenters. The van der Waals surface area contributed by atoms with Crippen LogP contribution >= 0.6 is 0 Å². The Morgan fingerprint density at radius 1 is 1.82 bits per heavy atom. The summed E-state index contributed by atoms with van der Waals surface area (Å²) in [5.41, 5.74) is 5.46. The summed E-state index contributed by atoms with van der Waals surface area (Å²) >= 11 is 0. The fourth-order valence-corrected chi connectivity index (χ4v) is 0.632. The second kappa shape index (κ2) is 3.05. The zero-order valence-electron chi connectivity index (χ0n) is 5.96. The number of nitrogens with one attached hydrogen (secondary N) is 1. The minimum Gasteiger partial charge on any atom is -0.462 e. The molecular formula is C6H7N2O3. The summed E-state index contributed by atoms with van der Waals surface area (Å²) in [4.78, 5) is 21.5. The highest BCUT2D eigenvalue weighted by Gasteiger charge is 2.24. The molecule has 0 saturated heterocycles. The first-order chi connectivity index (χ1) is 5.25. The quantitative estimate of drug-likeness (QED) is 0.413. The Labute approximate surface area is 63.4 Å². The highest BCUT2D eigenvalue weighted by molar-refractivity contribution is 6.17. The Kier molecular flexibility index (Phi) is 2.10. The third-order valence-electron chi connectivity index (χ3n) is 1.10. The van der Waals surface area contributed by atoms with E-state index in [0.29, 0.717) is 0 Å². The average molecular weight is 155 g/mol. The van der Waals surface area contributed by atoms with E-state index in [4.69, 9.17) is 0 Å². The standard InChI is InChI=1S/C6H7N2O3/c1-2-11-6(10)4-3-7-8-5(4)9/h3,7H,2H2,1H3. The maximum Gasteiger partial charge on any atom is 0.345 e. The Morgan fingerprint density at radius 2 is 2.55 bits per heavy atom. The van der Waals surface area contributed by atoms with Crippen molar-refractivity contribution in [2.75, 3.05) is 6.61 Å². The molecule has 0 aliphatic carbocycles. The number of amides is 1. The summed E-state index contributed by atoms with van der Waals surface area (Å²) in [6, 6.07) is 0. The van der Waals surface area contributed by atoms with E-state index in [9.17, 15) is 9.59 Å². The number of carbonyl (C=O) groups is 2. The average Bonchev–Trinajstić information content (AvgIpc) is 2.36. The van der Waals surface area contributed by atoms with Gasteiger partial charge in [0.15, 0.2) is 0 Å². The lowest BCUT2D eigenvalue weighted by atomic mass is 10.3. The van der Waals surface area contributed by atoms with Gasteiger partial charge in [-0.15, -0.1) is 5.43 Å². The van der Waals surface area contributed by atoms with Gasteiger partial charge in [-0.25, -0.2) is 4.79 Å². The number of hydrogen-bond acceptors (Lipinski definition) is 4. The molecule has 1 amide bonds. The maximum atomic E-state index is 10.8. The van der Waals surface area contributed by atoms with Gasteiger partial charge in [-0.1, -0.05) is 0 Å². The van der Waals surface area contributed by atoms with E-state index in [1.165, 1.54) is 6.20 Å². The van der Waals surface area contributed by atoms with Crippen molar-refractivity contribution in [2.24, 2.45) is 0 Å². The van der Waals surface area contributed by atoms with Crippen LogP contribution in [0.4, 0.5) is 0 Å². The van der Waals surface area contributed by atoms with Crippen LogP contribution in [-0.4, -0.2) is 18.5 Å². The van der Waals surface area contributed by atoms with E-state index >= 15 is 0 Å². The van der Waals surface area contributed by atoms with Crippen molar-refractivity contribution in [3.8, 4) is 0 Å². The molecule has 0 unspecified atom stereocenters. The Morgan fingerprint density at radius 3 is 3.00 bits per heavy atom. The first-order valence-corrected chi connectivity index (χ1v) is 3.13. The first kappa shape index (κ1) is 7.59. The van der Waals surface area contributed by atoms with E-state index in [-0.39, 0.29) is 12.2 Å². The van der Waals surface area contributed by atoms with Gasteiger partial charge in [-0.2, -0.15) is 0 Å². The van der Waals surface area contributed by atoms with Crippen molar-refractivity contribution in [3.63, 3.8) is 0 Å². The second-order valence-corrected chi connectivity index (χ2v) is 1.82. The number of esters is 1. The summed E-state index contributed by atoms with van der Waals surface area (Å²) < 4.78 is 4.57. The zero-order chi connectivity index (χ0) is 8.27. The van der Waals surface area contributed by atoms with Crippen LogP contribution in [0.25, 0.3) is 0 Å². The van der Waals surface area contributed by atoms with Gasteiger partial charge in [-0.05, 0) is 6.92 Å². The Hall–Kier alpha value is -1.52. The number of carbonyl (C=O) groups excluding carboxylic acids is 2. The fraction of sp³-hybridized carbons (Fsp3) is 0.333. The number of rotatable bonds is 2. The molecule has 0 saturated carbocycles. The van der Waals surface area contributed by atoms with Crippen LogP contribution in [0.3, 0.4) is 0 Å². The van der Waals surface area contributed by atoms with Crippen molar-refractivity contribution >= 4 is 11.9 Å². The van der Waals surface area contributed by atoms with Crippen LogP contribution in [0.15, 0.2) is 11.8 Å². The smallest absolute Gasteiger partial charge is 0.345 e. The highest BCUT2D eigenvalue weighted by atomic mass is 16.5. The molecule has 59 valence electrons. The molecule has 0 fully saturated rings. The second-order valence-electron chi connectivity index (χ2n) is 1.82. The van der Waals surface area contributed by atoms with E-state index in [1.807, 2.05) is 0 Å². The fourth-order valence-electron chi connectivity index (χ4n) is 0.632. The maximum absolute atomic E-state index is 10.8. The minimum absolute atomic E-state index is 0.0492. The van der Waals surface area contributed by atoms with Gasteiger partial charge in [0.2, 0.25) is 0 Å². The lowest BCUT2D eigenvalue weighted by Crippen LogP contribution is -2.21. The van der Waals surface area contributed by atoms with Crippen molar-refractivity contribution < 1.29 is 14.3 Å². The van der Waals surface area contributed by atoms with Crippen LogP contribution in [0.1, 0.15) is 6.92 Å². The molecule has 1 aliphatic heterocycles. The molecule has 11 heavy (non-hydrogen) atoms. The molecule has 1 radical (unpaired) electrons. The SMILES string of the molecule is CCOC(=O)C1=CN[N]C1=O. The number of ether oxygens (including phenoxy) is 1. The first-order valence-electron chi connectivity index (χ1n) is 3.13. The Bertz CT molecular complexity index is 222. The van der Waals surface area contributed by atoms with Gasteiger partial charge < -0.3 is 4.74 Å². The Balaban J connectivity index is 2.60. The summed E-state index contributed by atoms with van der Waals surface area (Å²) in [5, 5.41) is 0. The molecule has 1 aliphatic rings. The van der Waals surface area contributed by atoms with Gasteiger partial charge >= 0.3 is 11.9 Å². The molecule has 0 aromatic carbocycles. The third kappa shape index (κ3) is 1.49. The van der Waals surface area contributed by atoms with Crippen LogP contribution in [-0.2, 0) is 14.3 Å². The topological polar surface area (TPSA) is 69.5 Å². The monoisotopic (exact) mass is 155 g/mol. The van der Waals surface area contributed by atoms with Crippen LogP contribution < -0.4 is 10.9 Å². The summed E-state index contributed by atoms with van der Waals surface area (Å²) in [6.45, 7) is 1.92. The van der Waals surface area contributed by atoms with Gasteiger partial charge in [0.05, 0.1) is 6.61 Å².